The molecule has 28 heavy (non-hydrogen) atoms. The number of nitrogens with one attached hydrogen (secondary N) is 1. The van der Waals surface area contributed by atoms with E-state index in [9.17, 15) is 0 Å². The van der Waals surface area contributed by atoms with E-state index in [1.807, 2.05) is 24.4 Å². The lowest BCUT2D eigenvalue weighted by Crippen LogP contribution is -2.24. The largest absolute Gasteiger partial charge is 0.497 e. The van der Waals surface area contributed by atoms with Crippen molar-refractivity contribution in [2.75, 3.05) is 37.5 Å². The SMILES string of the molecule is COc1ccc(OC)c(NC(N)=NCc2ccc(N3CCCCCC3)nc2)c1. The van der Waals surface area contributed by atoms with Crippen molar-refractivity contribution in [3.05, 3.63) is 42.1 Å². The maximum Gasteiger partial charge on any atom is 0.193 e. The van der Waals surface area contributed by atoms with Gasteiger partial charge in [0.2, 0.25) is 0 Å². The van der Waals surface area contributed by atoms with Crippen molar-refractivity contribution in [2.45, 2.75) is 32.2 Å². The number of methoxy groups -OCH3 is 2. The molecule has 1 aromatic carbocycles. The number of aliphatic imine (C=N–C) groups is 1. The number of anilines is 2. The molecule has 0 aliphatic carbocycles. The Labute approximate surface area is 166 Å². The fraction of sp³-hybridized carbons (Fsp3) is 0.429. The van der Waals surface area contributed by atoms with Crippen LogP contribution in [0.15, 0.2) is 41.5 Å². The molecule has 1 fully saturated rings. The number of ether oxygens (including phenoxy) is 2. The molecule has 0 spiro atoms. The Morgan fingerprint density at radius 2 is 1.89 bits per heavy atom. The molecule has 150 valence electrons. The van der Waals surface area contributed by atoms with Crippen molar-refractivity contribution >= 4 is 17.5 Å². The lowest BCUT2D eigenvalue weighted by molar-refractivity contribution is 0.405. The molecule has 1 aliphatic rings. The minimum Gasteiger partial charge on any atom is -0.497 e. The van der Waals surface area contributed by atoms with Crippen molar-refractivity contribution in [2.24, 2.45) is 10.7 Å². The van der Waals surface area contributed by atoms with Gasteiger partial charge >= 0.3 is 0 Å². The van der Waals surface area contributed by atoms with Crippen LogP contribution in [0.2, 0.25) is 0 Å². The third kappa shape index (κ3) is 5.28. The number of guanidine groups is 1. The number of benzene rings is 1. The van der Waals surface area contributed by atoms with Gasteiger partial charge in [-0.15, -0.1) is 0 Å². The van der Waals surface area contributed by atoms with Crippen LogP contribution >= 0.6 is 0 Å². The van der Waals surface area contributed by atoms with Gasteiger partial charge in [-0.2, -0.15) is 0 Å². The van der Waals surface area contributed by atoms with Gasteiger partial charge in [-0.05, 0) is 36.6 Å². The summed E-state index contributed by atoms with van der Waals surface area (Å²) in [6, 6.07) is 9.61. The Morgan fingerprint density at radius 3 is 2.54 bits per heavy atom. The minimum absolute atomic E-state index is 0.308. The summed E-state index contributed by atoms with van der Waals surface area (Å²) in [5, 5.41) is 3.07. The van der Waals surface area contributed by atoms with Crippen LogP contribution in [0.25, 0.3) is 0 Å². The fourth-order valence-electron chi connectivity index (χ4n) is 3.26. The third-order valence-electron chi connectivity index (χ3n) is 4.84. The van der Waals surface area contributed by atoms with Gasteiger partial charge in [-0.3, -0.25) is 0 Å². The molecule has 7 heteroatoms. The zero-order chi connectivity index (χ0) is 19.8. The number of aromatic nitrogens is 1. The van der Waals surface area contributed by atoms with Crippen molar-refractivity contribution in [3.63, 3.8) is 0 Å². The van der Waals surface area contributed by atoms with Gasteiger partial charge < -0.3 is 25.4 Å². The number of hydrogen-bond donors (Lipinski definition) is 2. The fourth-order valence-corrected chi connectivity index (χ4v) is 3.26. The monoisotopic (exact) mass is 383 g/mol. The highest BCUT2D eigenvalue weighted by Gasteiger charge is 2.11. The molecule has 1 aromatic heterocycles. The summed E-state index contributed by atoms with van der Waals surface area (Å²) in [4.78, 5) is 11.4. The molecule has 2 aromatic rings. The van der Waals surface area contributed by atoms with Gasteiger partial charge in [0.15, 0.2) is 5.96 Å². The number of rotatable bonds is 6. The molecule has 0 amide bonds. The minimum atomic E-state index is 0.308. The van der Waals surface area contributed by atoms with Gasteiger partial charge in [0.05, 0.1) is 26.5 Å². The van der Waals surface area contributed by atoms with Gasteiger partial charge in [0.25, 0.3) is 0 Å². The average molecular weight is 383 g/mol. The maximum atomic E-state index is 6.05. The summed E-state index contributed by atoms with van der Waals surface area (Å²) >= 11 is 0. The van der Waals surface area contributed by atoms with E-state index in [1.54, 1.807) is 14.2 Å². The zero-order valence-electron chi connectivity index (χ0n) is 16.6. The molecule has 0 saturated carbocycles. The van der Waals surface area contributed by atoms with Gasteiger partial charge in [0.1, 0.15) is 17.3 Å². The summed E-state index contributed by atoms with van der Waals surface area (Å²) in [5.41, 5.74) is 7.77. The predicted molar refractivity (Wildman–Crippen MR) is 113 cm³/mol. The molecule has 0 atom stereocenters. The summed E-state index contributed by atoms with van der Waals surface area (Å²) in [5.74, 6) is 2.73. The van der Waals surface area contributed by atoms with Crippen LogP contribution in [0.4, 0.5) is 11.5 Å². The standard InChI is InChI=1S/C21H29N5O2/c1-27-17-8-9-19(28-2)18(13-17)25-21(22)24-15-16-7-10-20(23-14-16)26-11-5-3-4-6-12-26/h7-10,13-14H,3-6,11-12,15H2,1-2H3,(H3,22,24,25). The predicted octanol–water partition coefficient (Wildman–Crippen LogP) is 3.41. The third-order valence-corrected chi connectivity index (χ3v) is 4.84. The van der Waals surface area contributed by atoms with Gasteiger partial charge in [-0.1, -0.05) is 18.9 Å². The van der Waals surface area contributed by atoms with Gasteiger partial charge in [-0.25, -0.2) is 9.98 Å². The molecule has 2 heterocycles. The van der Waals surface area contributed by atoms with Crippen LogP contribution in [0, 0.1) is 0 Å². The smallest absolute Gasteiger partial charge is 0.193 e. The first kappa shape index (κ1) is 19.8. The zero-order valence-corrected chi connectivity index (χ0v) is 16.6. The second kappa shape index (κ2) is 9.82. The van der Waals surface area contributed by atoms with Crippen LogP contribution < -0.4 is 25.4 Å². The second-order valence-corrected chi connectivity index (χ2v) is 6.82. The van der Waals surface area contributed by atoms with Crippen LogP contribution in [-0.4, -0.2) is 38.3 Å². The van der Waals surface area contributed by atoms with E-state index in [0.717, 1.165) is 24.5 Å². The second-order valence-electron chi connectivity index (χ2n) is 6.82. The normalized spacial score (nSPS) is 15.1. The van der Waals surface area contributed by atoms with E-state index in [4.69, 9.17) is 15.2 Å². The number of pyridine rings is 1. The molecule has 1 saturated heterocycles. The number of nitrogens with two attached hydrogens (primary N) is 1. The Balaban J connectivity index is 1.61. The van der Waals surface area contributed by atoms with Gasteiger partial charge in [0, 0.05) is 25.4 Å². The highest BCUT2D eigenvalue weighted by Crippen LogP contribution is 2.28. The first-order valence-electron chi connectivity index (χ1n) is 9.68. The molecule has 7 nitrogen and oxygen atoms in total. The first-order valence-corrected chi connectivity index (χ1v) is 9.68. The van der Waals surface area contributed by atoms with Crippen LogP contribution in [0.1, 0.15) is 31.2 Å². The lowest BCUT2D eigenvalue weighted by atomic mass is 10.2. The number of nitrogens with zero attached hydrogens (tertiary/aromatic N) is 3. The Morgan fingerprint density at radius 1 is 1.11 bits per heavy atom. The molecule has 3 N–H and O–H groups in total. The van der Waals surface area contributed by atoms with Crippen molar-refractivity contribution < 1.29 is 9.47 Å². The highest BCUT2D eigenvalue weighted by atomic mass is 16.5. The van der Waals surface area contributed by atoms with E-state index in [1.165, 1.54) is 25.7 Å². The highest BCUT2D eigenvalue weighted by molar-refractivity contribution is 5.94. The van der Waals surface area contributed by atoms with Crippen molar-refractivity contribution in [3.8, 4) is 11.5 Å². The maximum absolute atomic E-state index is 6.05. The van der Waals surface area contributed by atoms with E-state index < -0.39 is 0 Å². The summed E-state index contributed by atoms with van der Waals surface area (Å²) in [6.45, 7) is 2.63. The van der Waals surface area contributed by atoms with Crippen LogP contribution in [0.3, 0.4) is 0 Å². The van der Waals surface area contributed by atoms with Crippen LogP contribution in [0.5, 0.6) is 11.5 Å². The molecule has 3 rings (SSSR count). The van der Waals surface area contributed by atoms with E-state index in [2.05, 4.69) is 32.3 Å². The molecular formula is C21H29N5O2. The van der Waals surface area contributed by atoms with E-state index in [0.29, 0.717) is 29.7 Å². The molecular weight excluding hydrogens is 354 g/mol. The Hall–Kier alpha value is -2.96. The quantitative estimate of drug-likeness (QED) is 0.587. The van der Waals surface area contributed by atoms with E-state index >= 15 is 0 Å². The van der Waals surface area contributed by atoms with Crippen LogP contribution in [-0.2, 0) is 6.54 Å². The molecule has 0 unspecified atom stereocenters. The van der Waals surface area contributed by atoms with Crippen molar-refractivity contribution in [1.29, 1.82) is 0 Å². The lowest BCUT2D eigenvalue weighted by Gasteiger charge is -2.21. The molecule has 0 radical (unpaired) electrons. The topological polar surface area (TPSA) is 85.0 Å². The molecule has 0 bridgehead atoms. The average Bonchev–Trinajstić information content (AvgIpc) is 3.02. The Kier molecular flexibility index (Phi) is 6.94. The van der Waals surface area contributed by atoms with E-state index in [-0.39, 0.29) is 0 Å². The number of hydrogen-bond acceptors (Lipinski definition) is 5. The van der Waals surface area contributed by atoms with Crippen molar-refractivity contribution in [1.82, 2.24) is 4.98 Å². The summed E-state index contributed by atoms with van der Waals surface area (Å²) in [7, 11) is 3.23. The molecule has 1 aliphatic heterocycles. The summed E-state index contributed by atoms with van der Waals surface area (Å²) in [6.07, 6.45) is 6.98. The summed E-state index contributed by atoms with van der Waals surface area (Å²) < 4.78 is 10.6. The Bertz CT molecular complexity index is 784. The first-order chi connectivity index (χ1) is 13.7.